The van der Waals surface area contributed by atoms with Crippen LogP contribution < -0.4 is 0 Å². The molecule has 0 saturated heterocycles. The van der Waals surface area contributed by atoms with Gasteiger partial charge in [0.05, 0.1) is 34.2 Å². The lowest BCUT2D eigenvalue weighted by Gasteiger charge is -2.12. The van der Waals surface area contributed by atoms with E-state index >= 15 is 0 Å². The highest BCUT2D eigenvalue weighted by Crippen LogP contribution is 2.39. The standard InChI is InChI=1S/C54H34N6O/c1-3-15-35(16-4-1)50-52(59-29-11-9-25-48(59)57-50)39-21-13-19-37(31-39)44-34-45(56-54(55-44)41-27-28-43-42-23-7-8-24-46(42)61-47(43)33-41)38-20-14-22-40(32-38)53-51(36-17-5-2-6-18-36)58-49-26-10-12-30-60(49)53/h1-34H. The van der Waals surface area contributed by atoms with Gasteiger partial charge in [0.2, 0.25) is 0 Å². The van der Waals surface area contributed by atoms with Gasteiger partial charge >= 0.3 is 0 Å². The molecule has 0 unspecified atom stereocenters. The second kappa shape index (κ2) is 14.1. The molecule has 12 rings (SSSR count). The third kappa shape index (κ3) is 5.98. The van der Waals surface area contributed by atoms with Crippen LogP contribution in [0, 0.1) is 0 Å². The molecule has 0 aliphatic heterocycles. The number of aromatic nitrogens is 6. The molecule has 0 atom stereocenters. The second-order valence-corrected chi connectivity index (χ2v) is 15.1. The minimum atomic E-state index is 0.602. The van der Waals surface area contributed by atoms with Crippen LogP contribution in [0.3, 0.4) is 0 Å². The fraction of sp³-hybridized carbons (Fsp3) is 0. The van der Waals surface area contributed by atoms with Crippen LogP contribution in [0.25, 0.3) is 112 Å². The first kappa shape index (κ1) is 34.6. The molecule has 0 spiro atoms. The van der Waals surface area contributed by atoms with Gasteiger partial charge in [-0.15, -0.1) is 0 Å². The van der Waals surface area contributed by atoms with E-state index in [0.717, 1.165) is 106 Å². The van der Waals surface area contributed by atoms with E-state index < -0.39 is 0 Å². The number of pyridine rings is 2. The van der Waals surface area contributed by atoms with Crippen molar-refractivity contribution in [3.8, 4) is 78.9 Å². The van der Waals surface area contributed by atoms with Gasteiger partial charge in [0.25, 0.3) is 0 Å². The molecular formula is C54H34N6O. The van der Waals surface area contributed by atoms with Crippen molar-refractivity contribution < 1.29 is 4.42 Å². The van der Waals surface area contributed by atoms with Crippen molar-refractivity contribution in [3.63, 3.8) is 0 Å². The summed E-state index contributed by atoms with van der Waals surface area (Å²) in [5.41, 5.74) is 15.8. The maximum absolute atomic E-state index is 6.35. The Kier molecular flexibility index (Phi) is 8.03. The van der Waals surface area contributed by atoms with Crippen molar-refractivity contribution >= 4 is 33.2 Å². The minimum Gasteiger partial charge on any atom is -0.456 e. The molecule has 7 nitrogen and oxygen atoms in total. The Balaban J connectivity index is 1.05. The Hall–Kier alpha value is -8.42. The maximum Gasteiger partial charge on any atom is 0.160 e. The van der Waals surface area contributed by atoms with Crippen LogP contribution in [0.15, 0.2) is 211 Å². The minimum absolute atomic E-state index is 0.602. The summed E-state index contributed by atoms with van der Waals surface area (Å²) in [6.45, 7) is 0. The third-order valence-corrected chi connectivity index (χ3v) is 11.4. The molecule has 0 N–H and O–H groups in total. The molecule has 0 radical (unpaired) electrons. The van der Waals surface area contributed by atoms with E-state index in [1.807, 2.05) is 66.7 Å². The lowest BCUT2D eigenvalue weighted by molar-refractivity contribution is 0.669. The van der Waals surface area contributed by atoms with E-state index in [2.05, 4.69) is 149 Å². The predicted molar refractivity (Wildman–Crippen MR) is 245 cm³/mol. The average molecular weight is 783 g/mol. The summed E-state index contributed by atoms with van der Waals surface area (Å²) >= 11 is 0. The van der Waals surface area contributed by atoms with E-state index in [4.69, 9.17) is 24.4 Å². The van der Waals surface area contributed by atoms with Gasteiger partial charge in [0.1, 0.15) is 22.5 Å². The van der Waals surface area contributed by atoms with Gasteiger partial charge in [-0.1, -0.05) is 133 Å². The van der Waals surface area contributed by atoms with Crippen molar-refractivity contribution in [2.75, 3.05) is 0 Å². The number of para-hydroxylation sites is 1. The number of fused-ring (bicyclic) bond motifs is 5. The number of hydrogen-bond donors (Lipinski definition) is 0. The molecule has 61 heavy (non-hydrogen) atoms. The number of imidazole rings is 2. The maximum atomic E-state index is 6.35. The first-order valence-electron chi connectivity index (χ1n) is 20.3. The number of benzene rings is 6. The van der Waals surface area contributed by atoms with Crippen LogP contribution in [0.2, 0.25) is 0 Å². The van der Waals surface area contributed by atoms with Gasteiger partial charge < -0.3 is 4.42 Å². The quantitative estimate of drug-likeness (QED) is 0.161. The zero-order valence-electron chi connectivity index (χ0n) is 32.7. The van der Waals surface area contributed by atoms with Crippen LogP contribution in [0.1, 0.15) is 0 Å². The van der Waals surface area contributed by atoms with Crippen molar-refractivity contribution in [1.82, 2.24) is 28.7 Å². The van der Waals surface area contributed by atoms with Crippen molar-refractivity contribution in [2.24, 2.45) is 0 Å². The van der Waals surface area contributed by atoms with Crippen LogP contribution in [-0.4, -0.2) is 28.7 Å². The Morgan fingerprint density at radius 1 is 0.328 bits per heavy atom. The zero-order valence-corrected chi connectivity index (χ0v) is 32.7. The molecule has 7 heteroatoms. The van der Waals surface area contributed by atoms with Crippen LogP contribution >= 0.6 is 0 Å². The highest BCUT2D eigenvalue weighted by Gasteiger charge is 2.20. The monoisotopic (exact) mass is 782 g/mol. The molecule has 286 valence electrons. The molecule has 12 aromatic rings. The molecule has 0 bridgehead atoms. The van der Waals surface area contributed by atoms with Crippen molar-refractivity contribution in [1.29, 1.82) is 0 Å². The molecule has 6 aromatic carbocycles. The fourth-order valence-electron chi connectivity index (χ4n) is 8.53. The fourth-order valence-corrected chi connectivity index (χ4v) is 8.53. The van der Waals surface area contributed by atoms with E-state index in [9.17, 15) is 0 Å². The van der Waals surface area contributed by atoms with E-state index in [0.29, 0.717) is 5.82 Å². The molecule has 0 aliphatic carbocycles. The third-order valence-electron chi connectivity index (χ3n) is 11.4. The Morgan fingerprint density at radius 3 is 1.41 bits per heavy atom. The number of nitrogens with zero attached hydrogens (tertiary/aromatic N) is 6. The van der Waals surface area contributed by atoms with Crippen LogP contribution in [0.4, 0.5) is 0 Å². The first-order chi connectivity index (χ1) is 30.2. The van der Waals surface area contributed by atoms with Gasteiger partial charge in [0, 0.05) is 62.1 Å². The number of furan rings is 1. The molecule has 0 aliphatic rings. The molecule has 0 amide bonds. The van der Waals surface area contributed by atoms with Gasteiger partial charge in [-0.25, -0.2) is 19.9 Å². The average Bonchev–Trinajstić information content (AvgIpc) is 4.04. The van der Waals surface area contributed by atoms with Gasteiger partial charge in [-0.05, 0) is 60.7 Å². The van der Waals surface area contributed by atoms with E-state index in [-0.39, 0.29) is 0 Å². The SMILES string of the molecule is c1ccc(-c2nc3ccccn3c2-c2cccc(-c3cc(-c4cccc(-c5c(-c6ccccc6)nc6ccccn56)c4)nc(-c4ccc5c(c4)oc4ccccc45)n3)c2)cc1. The van der Waals surface area contributed by atoms with Crippen LogP contribution in [0.5, 0.6) is 0 Å². The van der Waals surface area contributed by atoms with Gasteiger partial charge in [0.15, 0.2) is 5.82 Å². The summed E-state index contributed by atoms with van der Waals surface area (Å²) in [6, 6.07) is 66.6. The second-order valence-electron chi connectivity index (χ2n) is 15.1. The summed E-state index contributed by atoms with van der Waals surface area (Å²) < 4.78 is 10.7. The molecule has 0 fully saturated rings. The lowest BCUT2D eigenvalue weighted by atomic mass is 9.99. The predicted octanol–water partition coefficient (Wildman–Crippen LogP) is 13.3. The first-order valence-corrected chi connectivity index (χ1v) is 20.3. The Bertz CT molecular complexity index is 3420. The van der Waals surface area contributed by atoms with E-state index in [1.165, 1.54) is 0 Å². The van der Waals surface area contributed by atoms with Crippen LogP contribution in [-0.2, 0) is 0 Å². The molecular weight excluding hydrogens is 749 g/mol. The van der Waals surface area contributed by atoms with Crippen molar-refractivity contribution in [2.45, 2.75) is 0 Å². The highest BCUT2D eigenvalue weighted by atomic mass is 16.3. The van der Waals surface area contributed by atoms with Gasteiger partial charge in [-0.2, -0.15) is 0 Å². The summed E-state index contributed by atoms with van der Waals surface area (Å²) in [4.78, 5) is 20.8. The molecule has 6 heterocycles. The smallest absolute Gasteiger partial charge is 0.160 e. The largest absolute Gasteiger partial charge is 0.456 e. The molecule has 0 saturated carbocycles. The number of rotatable bonds is 7. The normalized spacial score (nSPS) is 11.6. The van der Waals surface area contributed by atoms with E-state index in [1.54, 1.807) is 0 Å². The van der Waals surface area contributed by atoms with Crippen molar-refractivity contribution in [3.05, 3.63) is 207 Å². The summed E-state index contributed by atoms with van der Waals surface area (Å²) in [5.74, 6) is 0.602. The lowest BCUT2D eigenvalue weighted by Crippen LogP contribution is -1.97. The Labute approximate surface area is 350 Å². The summed E-state index contributed by atoms with van der Waals surface area (Å²) in [7, 11) is 0. The summed E-state index contributed by atoms with van der Waals surface area (Å²) in [5, 5.41) is 2.14. The Morgan fingerprint density at radius 2 is 0.820 bits per heavy atom. The van der Waals surface area contributed by atoms with Gasteiger partial charge in [-0.3, -0.25) is 8.80 Å². The number of hydrogen-bond acceptors (Lipinski definition) is 5. The molecule has 6 aromatic heterocycles. The topological polar surface area (TPSA) is 73.5 Å². The zero-order chi connectivity index (χ0) is 40.3. The summed E-state index contributed by atoms with van der Waals surface area (Å²) in [6.07, 6.45) is 4.15. The highest BCUT2D eigenvalue weighted by molar-refractivity contribution is 6.05.